The maximum atomic E-state index is 13.5. The minimum absolute atomic E-state index is 0.147. The molecule has 2 fully saturated rings. The van der Waals surface area contributed by atoms with Gasteiger partial charge in [-0.1, -0.05) is 17.8 Å². The highest BCUT2D eigenvalue weighted by Crippen LogP contribution is 2.27. The number of carbonyl (C=O) groups excluding carboxylic acids is 4. The van der Waals surface area contributed by atoms with Crippen LogP contribution in [-0.4, -0.2) is 68.9 Å². The van der Waals surface area contributed by atoms with Gasteiger partial charge in [0, 0.05) is 31.3 Å². The molecule has 2 aliphatic rings. The van der Waals surface area contributed by atoms with Gasteiger partial charge in [0.1, 0.15) is 17.7 Å². The Kier molecular flexibility index (Phi) is 8.58. The summed E-state index contributed by atoms with van der Waals surface area (Å²) >= 11 is 2.51. The second kappa shape index (κ2) is 11.0. The predicted octanol–water partition coefficient (Wildman–Crippen LogP) is 2.77. The van der Waals surface area contributed by atoms with Gasteiger partial charge in [0.05, 0.1) is 5.25 Å². The molecule has 2 aliphatic heterocycles. The lowest BCUT2D eigenvalue weighted by Gasteiger charge is -2.43. The number of rotatable bonds is 6. The number of nitrogens with one attached hydrogen (secondary N) is 1. The molecule has 10 heteroatoms. The van der Waals surface area contributed by atoms with Crippen molar-refractivity contribution in [2.75, 3.05) is 13.1 Å². The maximum absolute atomic E-state index is 13.5. The third-order valence-electron chi connectivity index (χ3n) is 5.49. The second-order valence-electron chi connectivity index (χ2n) is 9.41. The van der Waals surface area contributed by atoms with E-state index in [1.54, 1.807) is 20.8 Å². The number of nitrogens with zero attached hydrogens (tertiary/aromatic N) is 2. The summed E-state index contributed by atoms with van der Waals surface area (Å²) in [7, 11) is 0. The number of hydrogen-bond acceptors (Lipinski definition) is 8. The number of hydrogen-bond donors (Lipinski definition) is 1. The van der Waals surface area contributed by atoms with Crippen LogP contribution in [0.3, 0.4) is 0 Å². The van der Waals surface area contributed by atoms with Crippen molar-refractivity contribution >= 4 is 46.0 Å². The molecule has 0 bridgehead atoms. The van der Waals surface area contributed by atoms with Crippen LogP contribution in [0.5, 0.6) is 0 Å². The maximum Gasteiger partial charge on any atom is 0.331 e. The molecule has 0 radical (unpaired) electrons. The lowest BCUT2D eigenvalue weighted by atomic mass is 10.1. The fraction of sp³-hybridized carbons (Fsp3) is 0.652. The number of esters is 1. The highest BCUT2D eigenvalue weighted by molar-refractivity contribution is 8.14. The van der Waals surface area contributed by atoms with Crippen molar-refractivity contribution in [3.8, 4) is 0 Å². The monoisotopic (exact) mass is 495 g/mol. The molecule has 2 amide bonds. The van der Waals surface area contributed by atoms with E-state index in [2.05, 4.69) is 5.32 Å². The average Bonchev–Trinajstić information content (AvgIpc) is 3.17. The minimum Gasteiger partial charge on any atom is -0.458 e. The fourth-order valence-electron chi connectivity index (χ4n) is 4.15. The van der Waals surface area contributed by atoms with E-state index in [0.717, 1.165) is 23.1 Å². The highest BCUT2D eigenvalue weighted by atomic mass is 32.2. The Balaban J connectivity index is 1.75. The zero-order chi connectivity index (χ0) is 24.2. The quantitative estimate of drug-likeness (QED) is 0.606. The van der Waals surface area contributed by atoms with Gasteiger partial charge in [0.25, 0.3) is 5.91 Å². The highest BCUT2D eigenvalue weighted by Gasteiger charge is 2.43. The molecule has 1 N–H and O–H groups in total. The number of amides is 2. The molecule has 0 aliphatic carbocycles. The number of fused-ring (bicyclic) bond motifs is 1. The average molecular weight is 496 g/mol. The van der Waals surface area contributed by atoms with E-state index in [4.69, 9.17) is 4.74 Å². The van der Waals surface area contributed by atoms with Crippen LogP contribution in [0, 0.1) is 0 Å². The Hall–Kier alpha value is -1.91. The number of thiophene rings is 1. The van der Waals surface area contributed by atoms with Gasteiger partial charge in [0.15, 0.2) is 5.12 Å². The predicted molar refractivity (Wildman–Crippen MR) is 129 cm³/mol. The molecule has 33 heavy (non-hydrogen) atoms. The van der Waals surface area contributed by atoms with Crippen molar-refractivity contribution in [1.82, 2.24) is 15.3 Å². The summed E-state index contributed by atoms with van der Waals surface area (Å²) in [6.45, 7) is 8.18. The van der Waals surface area contributed by atoms with Crippen molar-refractivity contribution in [2.45, 2.75) is 82.7 Å². The van der Waals surface area contributed by atoms with E-state index in [1.165, 1.54) is 23.3 Å². The molecule has 0 unspecified atom stereocenters. The SMILES string of the molecule is CC(=O)S[C@H](Cc1cccs1)C(=O)N[C@@H]1CCCN2CCC[C@H](C(=O)OC(C)(C)C)N2C1=O. The van der Waals surface area contributed by atoms with Gasteiger partial charge in [-0.25, -0.2) is 9.80 Å². The topological polar surface area (TPSA) is 96.0 Å². The Morgan fingerprint density at radius 1 is 1.24 bits per heavy atom. The number of ether oxygens (including phenoxy) is 1. The van der Waals surface area contributed by atoms with Gasteiger partial charge in [-0.15, -0.1) is 11.3 Å². The molecule has 182 valence electrons. The molecular formula is C23H33N3O5S2. The van der Waals surface area contributed by atoms with Crippen molar-refractivity contribution < 1.29 is 23.9 Å². The van der Waals surface area contributed by atoms with Crippen molar-refractivity contribution in [2.24, 2.45) is 0 Å². The van der Waals surface area contributed by atoms with Crippen LogP contribution in [0.2, 0.25) is 0 Å². The van der Waals surface area contributed by atoms with Crippen LogP contribution < -0.4 is 5.32 Å². The molecule has 3 rings (SSSR count). The fourth-order valence-corrected chi connectivity index (χ4v) is 5.85. The molecule has 0 aromatic carbocycles. The number of carbonyl (C=O) groups is 4. The van der Waals surface area contributed by atoms with Crippen LogP contribution in [0.1, 0.15) is 58.3 Å². The normalized spacial score (nSPS) is 22.8. The Bertz CT molecular complexity index is 868. The third kappa shape index (κ3) is 7.04. The van der Waals surface area contributed by atoms with Gasteiger partial charge in [0.2, 0.25) is 5.91 Å². The summed E-state index contributed by atoms with van der Waals surface area (Å²) in [5.41, 5.74) is -0.652. The second-order valence-corrected chi connectivity index (χ2v) is 11.8. The van der Waals surface area contributed by atoms with E-state index < -0.39 is 28.9 Å². The van der Waals surface area contributed by atoms with Gasteiger partial charge in [-0.3, -0.25) is 19.4 Å². The van der Waals surface area contributed by atoms with E-state index in [0.29, 0.717) is 38.8 Å². The van der Waals surface area contributed by atoms with Crippen molar-refractivity contribution in [3.05, 3.63) is 22.4 Å². The minimum atomic E-state index is -0.746. The molecule has 2 saturated heterocycles. The zero-order valence-corrected chi connectivity index (χ0v) is 21.3. The number of hydrazine groups is 1. The molecular weight excluding hydrogens is 462 g/mol. The van der Waals surface area contributed by atoms with E-state index in [1.807, 2.05) is 22.5 Å². The van der Waals surface area contributed by atoms with Gasteiger partial charge in [-0.05, 0) is 57.9 Å². The van der Waals surface area contributed by atoms with Crippen molar-refractivity contribution in [1.29, 1.82) is 0 Å². The molecule has 1 aromatic rings. The van der Waals surface area contributed by atoms with Gasteiger partial charge >= 0.3 is 5.97 Å². The zero-order valence-electron chi connectivity index (χ0n) is 19.7. The van der Waals surface area contributed by atoms with E-state index in [9.17, 15) is 19.2 Å². The number of thioether (sulfide) groups is 1. The lowest BCUT2D eigenvalue weighted by molar-refractivity contribution is -0.184. The standard InChI is InChI=1S/C23H33N3O5S2/c1-15(27)33-19(14-16-8-7-13-32-16)20(28)24-17-9-5-11-25-12-6-10-18(26(25)21(17)29)22(30)31-23(2,3)4/h7-8,13,17-19H,5-6,9-12,14H2,1-4H3,(H,24,28)/t17-,18-,19-/m1/s1. The summed E-state index contributed by atoms with van der Waals surface area (Å²) in [5, 5.41) is 7.49. The smallest absolute Gasteiger partial charge is 0.331 e. The first-order valence-corrected chi connectivity index (χ1v) is 13.1. The molecule has 8 nitrogen and oxygen atoms in total. The molecule has 3 heterocycles. The van der Waals surface area contributed by atoms with Crippen LogP contribution in [0.25, 0.3) is 0 Å². The summed E-state index contributed by atoms with van der Waals surface area (Å²) in [6, 6.07) is 2.39. The third-order valence-corrected chi connectivity index (χ3v) is 7.39. The van der Waals surface area contributed by atoms with Crippen LogP contribution in [0.4, 0.5) is 0 Å². The molecule has 1 aromatic heterocycles. The Labute approximate surface area is 203 Å². The molecule has 3 atom stereocenters. The first-order valence-electron chi connectivity index (χ1n) is 11.4. The first kappa shape index (κ1) is 25.7. The summed E-state index contributed by atoms with van der Waals surface area (Å²) < 4.78 is 5.59. The lowest BCUT2D eigenvalue weighted by Crippen LogP contribution is -2.62. The van der Waals surface area contributed by atoms with Crippen LogP contribution in [0.15, 0.2) is 17.5 Å². The molecule has 0 saturated carbocycles. The van der Waals surface area contributed by atoms with Crippen LogP contribution >= 0.6 is 23.1 Å². The van der Waals surface area contributed by atoms with Gasteiger partial charge in [-0.2, -0.15) is 0 Å². The molecule has 0 spiro atoms. The largest absolute Gasteiger partial charge is 0.458 e. The van der Waals surface area contributed by atoms with Crippen molar-refractivity contribution in [3.63, 3.8) is 0 Å². The van der Waals surface area contributed by atoms with Crippen LogP contribution in [-0.2, 0) is 30.3 Å². The van der Waals surface area contributed by atoms with E-state index in [-0.39, 0.29) is 16.9 Å². The summed E-state index contributed by atoms with van der Waals surface area (Å²) in [6.07, 6.45) is 2.94. The Morgan fingerprint density at radius 2 is 1.94 bits per heavy atom. The summed E-state index contributed by atoms with van der Waals surface area (Å²) in [5.74, 6) is -1.05. The first-order chi connectivity index (χ1) is 15.5. The van der Waals surface area contributed by atoms with Gasteiger partial charge < -0.3 is 10.1 Å². The van der Waals surface area contributed by atoms with E-state index >= 15 is 0 Å². The summed E-state index contributed by atoms with van der Waals surface area (Å²) in [4.78, 5) is 52.4. The Morgan fingerprint density at radius 3 is 2.55 bits per heavy atom.